The Hall–Kier alpha value is -2.43. The van der Waals surface area contributed by atoms with Crippen LogP contribution in [0, 0.1) is 11.6 Å². The zero-order valence-electron chi connectivity index (χ0n) is 17.5. The molecule has 1 unspecified atom stereocenters. The molecule has 1 fully saturated rings. The Morgan fingerprint density at radius 1 is 1.25 bits per heavy atom. The quantitative estimate of drug-likeness (QED) is 0.516. The van der Waals surface area contributed by atoms with Crippen LogP contribution in [-0.4, -0.2) is 43.8 Å². The van der Waals surface area contributed by atoms with Gasteiger partial charge in [0, 0.05) is 18.2 Å². The number of halogens is 2. The molecule has 3 aromatic rings. The first kappa shape index (κ1) is 22.8. The first-order chi connectivity index (χ1) is 15.2. The molecule has 1 aliphatic rings. The van der Waals surface area contributed by atoms with Gasteiger partial charge in [0.25, 0.3) is 5.91 Å². The number of carbonyl (C=O) groups excluding carboxylic acids is 1. The number of carbonyl (C=O) groups is 1. The number of sulfone groups is 1. The zero-order valence-corrected chi connectivity index (χ0v) is 19.2. The van der Waals surface area contributed by atoms with Crippen molar-refractivity contribution in [2.45, 2.75) is 42.9 Å². The summed E-state index contributed by atoms with van der Waals surface area (Å²) in [5.74, 6) is -1.94. The molecule has 0 radical (unpaired) electrons. The highest BCUT2D eigenvalue weighted by Gasteiger charge is 2.28. The predicted molar refractivity (Wildman–Crippen MR) is 119 cm³/mol. The largest absolute Gasteiger partial charge is 0.376 e. The van der Waals surface area contributed by atoms with Gasteiger partial charge in [0.1, 0.15) is 11.3 Å². The van der Waals surface area contributed by atoms with Crippen LogP contribution in [0.15, 0.2) is 41.3 Å². The lowest BCUT2D eigenvalue weighted by atomic mass is 10.2. The Labute approximate surface area is 188 Å². The molecule has 1 aliphatic heterocycles. The van der Waals surface area contributed by atoms with Crippen LogP contribution in [0.3, 0.4) is 0 Å². The highest BCUT2D eigenvalue weighted by atomic mass is 32.2. The Bertz CT molecular complexity index is 1250. The molecule has 0 bridgehead atoms. The summed E-state index contributed by atoms with van der Waals surface area (Å²) >= 11 is 1.01. The number of thiazole rings is 1. The van der Waals surface area contributed by atoms with E-state index in [0.717, 1.165) is 30.2 Å². The fourth-order valence-electron chi connectivity index (χ4n) is 3.52. The van der Waals surface area contributed by atoms with Gasteiger partial charge < -0.3 is 4.74 Å². The SMILES string of the molecule is CC(C)S(=O)(=O)c1ccc(C(=O)N(CC2CCCO2)c2nc3c(F)cc(F)cc3s2)cc1. The third kappa shape index (κ3) is 4.39. The Morgan fingerprint density at radius 3 is 2.59 bits per heavy atom. The molecule has 10 heteroatoms. The molecule has 0 N–H and O–H groups in total. The normalized spacial score (nSPS) is 16.7. The van der Waals surface area contributed by atoms with Gasteiger partial charge in [-0.25, -0.2) is 22.2 Å². The summed E-state index contributed by atoms with van der Waals surface area (Å²) in [5, 5.41) is -0.359. The lowest BCUT2D eigenvalue weighted by Crippen LogP contribution is -2.37. The van der Waals surface area contributed by atoms with Crippen LogP contribution in [0.1, 0.15) is 37.0 Å². The number of hydrogen-bond acceptors (Lipinski definition) is 6. The smallest absolute Gasteiger partial charge is 0.260 e. The first-order valence-electron chi connectivity index (χ1n) is 10.2. The van der Waals surface area contributed by atoms with E-state index in [4.69, 9.17) is 4.74 Å². The molecule has 0 spiro atoms. The number of anilines is 1. The van der Waals surface area contributed by atoms with Gasteiger partial charge in [-0.1, -0.05) is 11.3 Å². The third-order valence-corrected chi connectivity index (χ3v) is 8.53. The van der Waals surface area contributed by atoms with Gasteiger partial charge in [-0.3, -0.25) is 9.69 Å². The third-order valence-electron chi connectivity index (χ3n) is 5.34. The molecule has 1 aromatic heterocycles. The minimum absolute atomic E-state index is 0.00471. The van der Waals surface area contributed by atoms with Gasteiger partial charge in [0.15, 0.2) is 20.8 Å². The maximum absolute atomic E-state index is 14.2. The van der Waals surface area contributed by atoms with Crippen LogP contribution in [0.4, 0.5) is 13.9 Å². The van der Waals surface area contributed by atoms with E-state index in [2.05, 4.69) is 4.98 Å². The molecule has 1 saturated heterocycles. The molecular weight excluding hydrogens is 458 g/mol. The van der Waals surface area contributed by atoms with Crippen molar-refractivity contribution in [2.24, 2.45) is 0 Å². The fourth-order valence-corrected chi connectivity index (χ4v) is 5.59. The van der Waals surface area contributed by atoms with Crippen LogP contribution in [0.5, 0.6) is 0 Å². The Morgan fingerprint density at radius 2 is 1.97 bits per heavy atom. The molecule has 170 valence electrons. The van der Waals surface area contributed by atoms with Crippen molar-refractivity contribution in [2.75, 3.05) is 18.1 Å². The number of benzene rings is 2. The number of rotatable bonds is 6. The first-order valence-corrected chi connectivity index (χ1v) is 12.6. The minimum Gasteiger partial charge on any atom is -0.376 e. The van der Waals surface area contributed by atoms with Crippen molar-refractivity contribution in [1.82, 2.24) is 4.98 Å². The van der Waals surface area contributed by atoms with E-state index in [1.54, 1.807) is 13.8 Å². The summed E-state index contributed by atoms with van der Waals surface area (Å²) < 4.78 is 58.5. The molecular formula is C22H22F2N2O4S2. The van der Waals surface area contributed by atoms with Crippen LogP contribution >= 0.6 is 11.3 Å². The van der Waals surface area contributed by atoms with Crippen molar-refractivity contribution >= 4 is 42.4 Å². The second kappa shape index (κ2) is 8.84. The summed E-state index contributed by atoms with van der Waals surface area (Å²) in [7, 11) is -3.47. The average molecular weight is 481 g/mol. The van der Waals surface area contributed by atoms with Crippen molar-refractivity contribution in [3.8, 4) is 0 Å². The van der Waals surface area contributed by atoms with Gasteiger partial charge in [-0.15, -0.1) is 0 Å². The summed E-state index contributed by atoms with van der Waals surface area (Å²) in [6.07, 6.45) is 1.44. The van der Waals surface area contributed by atoms with Gasteiger partial charge in [-0.2, -0.15) is 0 Å². The number of amides is 1. The fraction of sp³-hybridized carbons (Fsp3) is 0.364. The molecule has 1 amide bonds. The van der Waals surface area contributed by atoms with E-state index in [1.165, 1.54) is 35.2 Å². The summed E-state index contributed by atoms with van der Waals surface area (Å²) in [6.45, 7) is 3.97. The van der Waals surface area contributed by atoms with Crippen LogP contribution in [0.2, 0.25) is 0 Å². The molecule has 0 saturated carbocycles. The second-order valence-corrected chi connectivity index (χ2v) is 11.4. The summed E-state index contributed by atoms with van der Waals surface area (Å²) in [6, 6.07) is 7.65. The van der Waals surface area contributed by atoms with E-state index in [0.29, 0.717) is 11.3 Å². The van der Waals surface area contributed by atoms with Gasteiger partial charge in [0.2, 0.25) is 0 Å². The van der Waals surface area contributed by atoms with E-state index in [-0.39, 0.29) is 33.8 Å². The minimum atomic E-state index is -3.47. The zero-order chi connectivity index (χ0) is 23.0. The molecule has 2 aromatic carbocycles. The van der Waals surface area contributed by atoms with E-state index in [9.17, 15) is 22.0 Å². The molecule has 2 heterocycles. The molecule has 4 rings (SSSR count). The van der Waals surface area contributed by atoms with Gasteiger partial charge in [-0.05, 0) is 57.0 Å². The molecule has 32 heavy (non-hydrogen) atoms. The van der Waals surface area contributed by atoms with Crippen molar-refractivity contribution in [3.63, 3.8) is 0 Å². The number of fused-ring (bicyclic) bond motifs is 1. The van der Waals surface area contributed by atoms with Crippen molar-refractivity contribution < 1.29 is 26.7 Å². The standard InChI is InChI=1S/C22H22F2N2O4S2/c1-13(2)32(28,29)17-7-5-14(6-8-17)21(27)26(12-16-4-3-9-30-16)22-25-20-18(24)10-15(23)11-19(20)31-22/h5-8,10-11,13,16H,3-4,9,12H2,1-2H3. The molecule has 1 atom stereocenters. The van der Waals surface area contributed by atoms with Crippen molar-refractivity contribution in [1.29, 1.82) is 0 Å². The topological polar surface area (TPSA) is 76.6 Å². The summed E-state index contributed by atoms with van der Waals surface area (Å²) in [5.41, 5.74) is 0.256. The lowest BCUT2D eigenvalue weighted by Gasteiger charge is -2.23. The van der Waals surface area contributed by atoms with Crippen LogP contribution in [0.25, 0.3) is 10.2 Å². The Balaban J connectivity index is 1.70. The lowest BCUT2D eigenvalue weighted by molar-refractivity contribution is 0.0917. The van der Waals surface area contributed by atoms with Crippen LogP contribution in [-0.2, 0) is 14.6 Å². The van der Waals surface area contributed by atoms with E-state index >= 15 is 0 Å². The Kier molecular flexibility index (Phi) is 6.28. The highest BCUT2D eigenvalue weighted by Crippen LogP contribution is 2.33. The van der Waals surface area contributed by atoms with Gasteiger partial charge in [0.05, 0.1) is 27.5 Å². The highest BCUT2D eigenvalue weighted by molar-refractivity contribution is 7.92. The monoisotopic (exact) mass is 480 g/mol. The molecule has 6 nitrogen and oxygen atoms in total. The van der Waals surface area contributed by atoms with E-state index in [1.807, 2.05) is 0 Å². The molecule has 0 aliphatic carbocycles. The predicted octanol–water partition coefficient (Wildman–Crippen LogP) is 4.58. The number of ether oxygens (including phenoxy) is 1. The second-order valence-electron chi connectivity index (χ2n) is 7.90. The number of hydrogen-bond donors (Lipinski definition) is 0. The average Bonchev–Trinajstić information content (AvgIpc) is 3.41. The maximum Gasteiger partial charge on any atom is 0.260 e. The number of nitrogens with zero attached hydrogens (tertiary/aromatic N) is 2. The van der Waals surface area contributed by atoms with Crippen molar-refractivity contribution in [3.05, 3.63) is 53.6 Å². The summed E-state index contributed by atoms with van der Waals surface area (Å²) in [4.78, 5) is 19.2. The van der Waals surface area contributed by atoms with E-state index < -0.39 is 32.6 Å². The maximum atomic E-state index is 14.2. The van der Waals surface area contributed by atoms with Gasteiger partial charge >= 0.3 is 0 Å². The van der Waals surface area contributed by atoms with Crippen LogP contribution < -0.4 is 4.90 Å². The number of aromatic nitrogens is 1.